The van der Waals surface area contributed by atoms with Crippen molar-refractivity contribution in [3.63, 3.8) is 0 Å². The van der Waals surface area contributed by atoms with Crippen LogP contribution in [0.15, 0.2) is 9.52 Å². The molecular weight excluding hydrogens is 318 g/mol. The second-order valence-corrected chi connectivity index (χ2v) is 6.76. The number of aromatic nitrogens is 1. The van der Waals surface area contributed by atoms with Crippen molar-refractivity contribution in [3.8, 4) is 0 Å². The highest BCUT2D eigenvalue weighted by molar-refractivity contribution is 5.81. The highest BCUT2D eigenvalue weighted by Crippen LogP contribution is 2.13. The highest BCUT2D eigenvalue weighted by atomic mass is 16.5. The molecule has 1 N–H and O–H groups in total. The zero-order valence-electron chi connectivity index (χ0n) is 16.1. The molecule has 1 aromatic rings. The molecule has 1 aliphatic heterocycles. The molecule has 0 radical (unpaired) electrons. The summed E-state index contributed by atoms with van der Waals surface area (Å²) in [6.45, 7) is 14.5. The lowest BCUT2D eigenvalue weighted by molar-refractivity contribution is -0.135. The third-order valence-corrected chi connectivity index (χ3v) is 4.52. The van der Waals surface area contributed by atoms with Crippen LogP contribution in [-0.4, -0.2) is 66.1 Å². The molecule has 1 saturated heterocycles. The maximum absolute atomic E-state index is 12.1. The number of guanidine groups is 1. The first-order valence-corrected chi connectivity index (χ1v) is 9.17. The van der Waals surface area contributed by atoms with Gasteiger partial charge < -0.3 is 19.6 Å². The van der Waals surface area contributed by atoms with E-state index >= 15 is 0 Å². The maximum atomic E-state index is 12.1. The van der Waals surface area contributed by atoms with Gasteiger partial charge in [-0.15, -0.1) is 0 Å². The lowest BCUT2D eigenvalue weighted by atomic mass is 10.1. The summed E-state index contributed by atoms with van der Waals surface area (Å²) in [7, 11) is 0. The van der Waals surface area contributed by atoms with Gasteiger partial charge in [-0.1, -0.05) is 19.0 Å². The number of hydrogen-bond acceptors (Lipinski definition) is 4. The van der Waals surface area contributed by atoms with E-state index in [1.54, 1.807) is 0 Å². The molecule has 0 aromatic carbocycles. The smallest absolute Gasteiger partial charge is 0.225 e. The minimum absolute atomic E-state index is 0.0588. The molecule has 0 saturated carbocycles. The van der Waals surface area contributed by atoms with Crippen LogP contribution in [0, 0.1) is 19.8 Å². The Hall–Kier alpha value is -2.05. The Bertz CT molecular complexity index is 581. The van der Waals surface area contributed by atoms with Crippen LogP contribution in [0.1, 0.15) is 37.8 Å². The van der Waals surface area contributed by atoms with Gasteiger partial charge in [-0.05, 0) is 27.2 Å². The topological polar surface area (TPSA) is 74.0 Å². The van der Waals surface area contributed by atoms with E-state index < -0.39 is 0 Å². The van der Waals surface area contributed by atoms with Crippen LogP contribution in [0.3, 0.4) is 0 Å². The van der Waals surface area contributed by atoms with Crippen molar-refractivity contribution in [2.24, 2.45) is 10.9 Å². The molecule has 0 atom stereocenters. The second-order valence-electron chi connectivity index (χ2n) is 6.76. The van der Waals surface area contributed by atoms with E-state index in [4.69, 9.17) is 9.52 Å². The first kappa shape index (κ1) is 19.3. The molecule has 25 heavy (non-hydrogen) atoms. The molecule has 1 amide bonds. The van der Waals surface area contributed by atoms with E-state index in [9.17, 15) is 4.79 Å². The van der Waals surface area contributed by atoms with E-state index in [0.717, 1.165) is 62.1 Å². The van der Waals surface area contributed by atoms with Gasteiger partial charge >= 0.3 is 0 Å². The van der Waals surface area contributed by atoms with Crippen molar-refractivity contribution in [2.75, 3.05) is 39.3 Å². The van der Waals surface area contributed by atoms with Crippen LogP contribution in [0.25, 0.3) is 0 Å². The number of aryl methyl sites for hydroxylation is 2. The summed E-state index contributed by atoms with van der Waals surface area (Å²) in [5.74, 6) is 2.09. The van der Waals surface area contributed by atoms with Crippen molar-refractivity contribution in [1.82, 2.24) is 20.3 Å². The normalized spacial score (nSPS) is 15.8. The molecule has 2 rings (SSSR count). The van der Waals surface area contributed by atoms with E-state index in [-0.39, 0.29) is 11.8 Å². The Balaban J connectivity index is 1.93. The van der Waals surface area contributed by atoms with Crippen molar-refractivity contribution in [3.05, 3.63) is 17.0 Å². The SMILES string of the molecule is CCNC(=NCCc1c(C)noc1C)N1CCN(C(=O)C(C)C)CC1. The van der Waals surface area contributed by atoms with Crippen molar-refractivity contribution >= 4 is 11.9 Å². The number of amides is 1. The molecule has 0 unspecified atom stereocenters. The molecule has 140 valence electrons. The number of rotatable bonds is 5. The van der Waals surface area contributed by atoms with Crippen LogP contribution in [0.5, 0.6) is 0 Å². The summed E-state index contributed by atoms with van der Waals surface area (Å²) in [4.78, 5) is 21.1. The average Bonchev–Trinajstić information content (AvgIpc) is 2.92. The summed E-state index contributed by atoms with van der Waals surface area (Å²) in [6, 6.07) is 0. The Kier molecular flexibility index (Phi) is 6.84. The van der Waals surface area contributed by atoms with Gasteiger partial charge in [0.2, 0.25) is 5.91 Å². The zero-order valence-corrected chi connectivity index (χ0v) is 16.1. The Morgan fingerprint density at radius 1 is 1.24 bits per heavy atom. The highest BCUT2D eigenvalue weighted by Gasteiger charge is 2.24. The summed E-state index contributed by atoms with van der Waals surface area (Å²) < 4.78 is 5.21. The van der Waals surface area contributed by atoms with E-state index in [2.05, 4.69) is 22.3 Å². The Labute approximate surface area is 150 Å². The monoisotopic (exact) mass is 349 g/mol. The molecule has 7 heteroatoms. The van der Waals surface area contributed by atoms with Crippen molar-refractivity contribution in [2.45, 2.75) is 41.0 Å². The summed E-state index contributed by atoms with van der Waals surface area (Å²) >= 11 is 0. The van der Waals surface area contributed by atoms with E-state index in [0.29, 0.717) is 6.54 Å². The Morgan fingerprint density at radius 2 is 1.88 bits per heavy atom. The summed E-state index contributed by atoms with van der Waals surface area (Å²) in [6.07, 6.45) is 0.821. The van der Waals surface area contributed by atoms with Gasteiger partial charge in [0.05, 0.1) is 5.69 Å². The largest absolute Gasteiger partial charge is 0.361 e. The number of hydrogen-bond donors (Lipinski definition) is 1. The first-order chi connectivity index (χ1) is 11.9. The molecule has 1 aromatic heterocycles. The van der Waals surface area contributed by atoms with Gasteiger partial charge in [-0.3, -0.25) is 9.79 Å². The third kappa shape index (κ3) is 4.96. The van der Waals surface area contributed by atoms with Gasteiger partial charge in [-0.25, -0.2) is 0 Å². The molecule has 7 nitrogen and oxygen atoms in total. The quantitative estimate of drug-likeness (QED) is 0.646. The third-order valence-electron chi connectivity index (χ3n) is 4.52. The molecule has 2 heterocycles. The van der Waals surface area contributed by atoms with Crippen LogP contribution >= 0.6 is 0 Å². The standard InChI is InChI=1S/C18H31N5O2/c1-6-19-18(20-8-7-16-14(4)21-25-15(16)5)23-11-9-22(10-12-23)17(24)13(2)3/h13H,6-12H2,1-5H3,(H,19,20). The minimum Gasteiger partial charge on any atom is -0.361 e. The molecule has 0 bridgehead atoms. The predicted octanol–water partition coefficient (Wildman–Crippen LogP) is 1.60. The van der Waals surface area contributed by atoms with Crippen LogP contribution in [-0.2, 0) is 11.2 Å². The number of nitrogens with one attached hydrogen (secondary N) is 1. The number of piperazine rings is 1. The zero-order chi connectivity index (χ0) is 18.4. The molecule has 0 spiro atoms. The van der Waals surface area contributed by atoms with Crippen LogP contribution in [0.4, 0.5) is 0 Å². The number of nitrogens with zero attached hydrogens (tertiary/aromatic N) is 4. The fourth-order valence-corrected chi connectivity index (χ4v) is 3.06. The Morgan fingerprint density at radius 3 is 2.40 bits per heavy atom. The van der Waals surface area contributed by atoms with Gasteiger partial charge in [0.1, 0.15) is 5.76 Å². The summed E-state index contributed by atoms with van der Waals surface area (Å²) in [5, 5.41) is 7.35. The number of carbonyl (C=O) groups excluding carboxylic acids is 1. The second kappa shape index (κ2) is 8.87. The number of carbonyl (C=O) groups is 1. The fourth-order valence-electron chi connectivity index (χ4n) is 3.06. The van der Waals surface area contributed by atoms with Gasteiger partial charge in [0.15, 0.2) is 5.96 Å². The minimum atomic E-state index is 0.0588. The first-order valence-electron chi connectivity index (χ1n) is 9.17. The fraction of sp³-hybridized carbons (Fsp3) is 0.722. The van der Waals surface area contributed by atoms with E-state index in [1.807, 2.05) is 32.6 Å². The van der Waals surface area contributed by atoms with Gasteiger partial charge in [0.25, 0.3) is 0 Å². The van der Waals surface area contributed by atoms with Crippen LogP contribution < -0.4 is 5.32 Å². The number of aliphatic imine (C=N–C) groups is 1. The van der Waals surface area contributed by atoms with Gasteiger partial charge in [-0.2, -0.15) is 0 Å². The lowest BCUT2D eigenvalue weighted by Gasteiger charge is -2.37. The van der Waals surface area contributed by atoms with Crippen molar-refractivity contribution in [1.29, 1.82) is 0 Å². The predicted molar refractivity (Wildman–Crippen MR) is 98.7 cm³/mol. The molecular formula is C18H31N5O2. The molecule has 0 aliphatic carbocycles. The molecule has 1 aliphatic rings. The molecule has 1 fully saturated rings. The average molecular weight is 349 g/mol. The maximum Gasteiger partial charge on any atom is 0.225 e. The van der Waals surface area contributed by atoms with E-state index in [1.165, 1.54) is 0 Å². The van der Waals surface area contributed by atoms with Gasteiger partial charge in [0, 0.05) is 50.7 Å². The van der Waals surface area contributed by atoms with Crippen LogP contribution in [0.2, 0.25) is 0 Å². The van der Waals surface area contributed by atoms with Crippen molar-refractivity contribution < 1.29 is 9.32 Å². The summed E-state index contributed by atoms with van der Waals surface area (Å²) in [5.41, 5.74) is 2.09. The lowest BCUT2D eigenvalue weighted by Crippen LogP contribution is -2.54.